The molecule has 0 saturated heterocycles. The molecule has 0 aliphatic carbocycles. The molecular formula is C14H11N3O2. The zero-order valence-electron chi connectivity index (χ0n) is 10.1. The van der Waals surface area contributed by atoms with Gasteiger partial charge in [-0.15, -0.1) is 0 Å². The zero-order chi connectivity index (χ0) is 13.2. The molecule has 0 unspecified atom stereocenters. The molecule has 94 valence electrons. The molecule has 1 N–H and O–H groups in total. The maximum atomic E-state index is 11.3. The van der Waals surface area contributed by atoms with Crippen LogP contribution in [-0.4, -0.2) is 22.2 Å². The molecule has 0 saturated carbocycles. The van der Waals surface area contributed by atoms with Gasteiger partial charge in [0.25, 0.3) is 0 Å². The van der Waals surface area contributed by atoms with Crippen molar-refractivity contribution in [1.29, 1.82) is 0 Å². The van der Waals surface area contributed by atoms with Crippen LogP contribution < -0.4 is 5.32 Å². The van der Waals surface area contributed by atoms with Crippen LogP contribution in [0.1, 0.15) is 22.6 Å². The van der Waals surface area contributed by atoms with Gasteiger partial charge < -0.3 is 5.32 Å². The molecule has 0 fully saturated rings. The lowest BCUT2D eigenvalue weighted by Crippen LogP contribution is -2.18. The van der Waals surface area contributed by atoms with E-state index in [9.17, 15) is 9.59 Å². The lowest BCUT2D eigenvalue weighted by Gasteiger charge is -2.17. The first-order valence-corrected chi connectivity index (χ1v) is 5.97. The number of benzene rings is 1. The highest BCUT2D eigenvalue weighted by atomic mass is 16.1. The Balaban J connectivity index is 2.02. The Hall–Kier alpha value is -2.56. The van der Waals surface area contributed by atoms with Crippen molar-refractivity contribution in [3.05, 3.63) is 41.9 Å². The van der Waals surface area contributed by atoms with Crippen LogP contribution in [0.5, 0.6) is 0 Å². The van der Waals surface area contributed by atoms with E-state index in [2.05, 4.69) is 15.3 Å². The van der Waals surface area contributed by atoms with E-state index in [1.165, 1.54) is 0 Å². The van der Waals surface area contributed by atoms with Crippen molar-refractivity contribution in [2.24, 2.45) is 0 Å². The smallest absolute Gasteiger partial charge is 0.224 e. The number of rotatable bonds is 2. The molecule has 0 radical (unpaired) electrons. The Morgan fingerprint density at radius 3 is 2.95 bits per heavy atom. The van der Waals surface area contributed by atoms with Crippen LogP contribution in [0.3, 0.4) is 0 Å². The van der Waals surface area contributed by atoms with Gasteiger partial charge in [-0.2, -0.15) is 0 Å². The molecular weight excluding hydrogens is 242 g/mol. The normalized spacial score (nSPS) is 13.6. The van der Waals surface area contributed by atoms with Gasteiger partial charge >= 0.3 is 0 Å². The quantitative estimate of drug-likeness (QED) is 0.829. The molecule has 1 aliphatic rings. The van der Waals surface area contributed by atoms with Crippen LogP contribution in [0.25, 0.3) is 11.3 Å². The standard InChI is InChI=1S/C14H11N3O2/c18-8-13-15-6-5-12(16-13)9-1-3-11-10(7-9)2-4-14(19)17-11/h1,3,5-8H,2,4H2,(H,17,19). The summed E-state index contributed by atoms with van der Waals surface area (Å²) in [6, 6.07) is 7.49. The maximum absolute atomic E-state index is 11.3. The molecule has 2 heterocycles. The number of nitrogens with zero attached hydrogens (tertiary/aromatic N) is 2. The number of aryl methyl sites for hydroxylation is 1. The van der Waals surface area contributed by atoms with Gasteiger partial charge in [0, 0.05) is 23.9 Å². The average Bonchev–Trinajstić information content (AvgIpc) is 2.46. The van der Waals surface area contributed by atoms with Gasteiger partial charge in [0.15, 0.2) is 12.1 Å². The number of aromatic nitrogens is 2. The summed E-state index contributed by atoms with van der Waals surface area (Å²) in [5.41, 5.74) is 3.56. The predicted octanol–water partition coefficient (Wildman–Crippen LogP) is 1.84. The van der Waals surface area contributed by atoms with E-state index in [-0.39, 0.29) is 11.7 Å². The number of carbonyl (C=O) groups is 2. The van der Waals surface area contributed by atoms with E-state index in [4.69, 9.17) is 0 Å². The fraction of sp³-hybridized carbons (Fsp3) is 0.143. The molecule has 5 heteroatoms. The maximum Gasteiger partial charge on any atom is 0.224 e. The molecule has 1 aromatic heterocycles. The van der Waals surface area contributed by atoms with E-state index in [0.717, 1.165) is 23.2 Å². The number of aldehydes is 1. The van der Waals surface area contributed by atoms with E-state index in [1.807, 2.05) is 18.2 Å². The first kappa shape index (κ1) is 11.5. The third kappa shape index (κ3) is 2.22. The number of hydrogen-bond donors (Lipinski definition) is 1. The number of anilines is 1. The SMILES string of the molecule is O=Cc1nccc(-c2ccc3c(c2)CCC(=O)N3)n1. The summed E-state index contributed by atoms with van der Waals surface area (Å²) in [5.74, 6) is 0.217. The molecule has 1 aliphatic heterocycles. The van der Waals surface area contributed by atoms with Gasteiger partial charge in [0.05, 0.1) is 5.69 Å². The highest BCUT2D eigenvalue weighted by Gasteiger charge is 2.15. The monoisotopic (exact) mass is 253 g/mol. The third-order valence-electron chi connectivity index (χ3n) is 3.08. The molecule has 1 aromatic carbocycles. The molecule has 3 rings (SSSR count). The molecule has 1 amide bonds. The number of nitrogens with one attached hydrogen (secondary N) is 1. The summed E-state index contributed by atoms with van der Waals surface area (Å²) in [7, 11) is 0. The minimum Gasteiger partial charge on any atom is -0.326 e. The summed E-state index contributed by atoms with van der Waals surface area (Å²) in [4.78, 5) is 30.0. The van der Waals surface area contributed by atoms with Crippen molar-refractivity contribution >= 4 is 17.9 Å². The highest BCUT2D eigenvalue weighted by molar-refractivity contribution is 5.94. The van der Waals surface area contributed by atoms with Crippen LogP contribution in [0.2, 0.25) is 0 Å². The van der Waals surface area contributed by atoms with Gasteiger partial charge in [0.1, 0.15) is 0 Å². The number of fused-ring (bicyclic) bond motifs is 1. The summed E-state index contributed by atoms with van der Waals surface area (Å²) in [5, 5.41) is 2.83. The second-order valence-electron chi connectivity index (χ2n) is 4.34. The van der Waals surface area contributed by atoms with Crippen LogP contribution in [-0.2, 0) is 11.2 Å². The van der Waals surface area contributed by atoms with E-state index in [1.54, 1.807) is 12.3 Å². The molecule has 2 aromatic rings. The zero-order valence-corrected chi connectivity index (χ0v) is 10.1. The van der Waals surface area contributed by atoms with Crippen LogP contribution in [0, 0.1) is 0 Å². The van der Waals surface area contributed by atoms with Crippen molar-refractivity contribution in [1.82, 2.24) is 9.97 Å². The molecule has 0 atom stereocenters. The number of hydrogen-bond acceptors (Lipinski definition) is 4. The van der Waals surface area contributed by atoms with E-state index in [0.29, 0.717) is 18.4 Å². The molecule has 5 nitrogen and oxygen atoms in total. The van der Waals surface area contributed by atoms with E-state index >= 15 is 0 Å². The molecule has 19 heavy (non-hydrogen) atoms. The number of carbonyl (C=O) groups excluding carboxylic acids is 2. The van der Waals surface area contributed by atoms with Crippen molar-refractivity contribution < 1.29 is 9.59 Å². The fourth-order valence-electron chi connectivity index (χ4n) is 2.13. The minimum atomic E-state index is 0.0468. The van der Waals surface area contributed by atoms with Crippen LogP contribution in [0.15, 0.2) is 30.5 Å². The highest BCUT2D eigenvalue weighted by Crippen LogP contribution is 2.27. The van der Waals surface area contributed by atoms with Crippen molar-refractivity contribution in [2.75, 3.05) is 5.32 Å². The summed E-state index contributed by atoms with van der Waals surface area (Å²) in [6.07, 6.45) is 3.41. The van der Waals surface area contributed by atoms with Crippen molar-refractivity contribution in [3.8, 4) is 11.3 Å². The molecule has 0 bridgehead atoms. The third-order valence-corrected chi connectivity index (χ3v) is 3.08. The number of amides is 1. The van der Waals surface area contributed by atoms with Crippen molar-refractivity contribution in [2.45, 2.75) is 12.8 Å². The predicted molar refractivity (Wildman–Crippen MR) is 69.8 cm³/mol. The lowest BCUT2D eigenvalue weighted by atomic mass is 9.99. The average molecular weight is 253 g/mol. The Kier molecular flexibility index (Phi) is 2.79. The van der Waals surface area contributed by atoms with E-state index < -0.39 is 0 Å². The Morgan fingerprint density at radius 2 is 2.11 bits per heavy atom. The topological polar surface area (TPSA) is 72.0 Å². The van der Waals surface area contributed by atoms with Crippen LogP contribution >= 0.6 is 0 Å². The lowest BCUT2D eigenvalue weighted by molar-refractivity contribution is -0.116. The van der Waals surface area contributed by atoms with Gasteiger partial charge in [-0.05, 0) is 30.2 Å². The molecule has 0 spiro atoms. The second kappa shape index (κ2) is 4.61. The first-order chi connectivity index (χ1) is 9.26. The van der Waals surface area contributed by atoms with Gasteiger partial charge in [-0.25, -0.2) is 9.97 Å². The summed E-state index contributed by atoms with van der Waals surface area (Å²) >= 11 is 0. The van der Waals surface area contributed by atoms with Crippen molar-refractivity contribution in [3.63, 3.8) is 0 Å². The second-order valence-corrected chi connectivity index (χ2v) is 4.34. The Bertz CT molecular complexity index is 667. The summed E-state index contributed by atoms with van der Waals surface area (Å²) < 4.78 is 0. The first-order valence-electron chi connectivity index (χ1n) is 5.97. The van der Waals surface area contributed by atoms with Gasteiger partial charge in [-0.3, -0.25) is 9.59 Å². The largest absolute Gasteiger partial charge is 0.326 e. The van der Waals surface area contributed by atoms with Gasteiger partial charge in [-0.1, -0.05) is 6.07 Å². The van der Waals surface area contributed by atoms with Gasteiger partial charge in [0.2, 0.25) is 5.91 Å². The van der Waals surface area contributed by atoms with Crippen LogP contribution in [0.4, 0.5) is 5.69 Å². The minimum absolute atomic E-state index is 0.0468. The summed E-state index contributed by atoms with van der Waals surface area (Å²) in [6.45, 7) is 0. The Morgan fingerprint density at radius 1 is 1.21 bits per heavy atom. The fourth-order valence-corrected chi connectivity index (χ4v) is 2.13. The Labute approximate surface area is 109 Å².